The standard InChI is InChI=1S/C17H14F4N2O4S/c18-11-5-7-12(8-6-11)22-15(24)9-28(26,27)10-16(25)23-14-4-2-1-3-13(14)17(19,20)21/h1-8H,9-10H2,(H,22,24)(H,23,25). The van der Waals surface area contributed by atoms with E-state index in [-0.39, 0.29) is 5.69 Å². The lowest BCUT2D eigenvalue weighted by molar-refractivity contribution is -0.137. The highest BCUT2D eigenvalue weighted by molar-refractivity contribution is 7.92. The Balaban J connectivity index is 1.99. The largest absolute Gasteiger partial charge is 0.418 e. The van der Waals surface area contributed by atoms with Crippen LogP contribution < -0.4 is 10.6 Å². The van der Waals surface area contributed by atoms with Crippen molar-refractivity contribution in [2.24, 2.45) is 0 Å². The summed E-state index contributed by atoms with van der Waals surface area (Å²) in [5.41, 5.74) is -1.58. The van der Waals surface area contributed by atoms with Gasteiger partial charge in [-0.3, -0.25) is 9.59 Å². The van der Waals surface area contributed by atoms with Crippen LogP contribution in [0.5, 0.6) is 0 Å². The van der Waals surface area contributed by atoms with E-state index in [2.05, 4.69) is 5.32 Å². The van der Waals surface area contributed by atoms with E-state index < -0.39 is 56.4 Å². The van der Waals surface area contributed by atoms with Crippen molar-refractivity contribution in [2.45, 2.75) is 6.18 Å². The molecular formula is C17H14F4N2O4S. The summed E-state index contributed by atoms with van der Waals surface area (Å²) in [4.78, 5) is 23.6. The van der Waals surface area contributed by atoms with Gasteiger partial charge >= 0.3 is 6.18 Å². The van der Waals surface area contributed by atoms with Gasteiger partial charge in [0.05, 0.1) is 11.3 Å². The first-order valence-corrected chi connectivity index (χ1v) is 9.50. The Bertz CT molecular complexity index is 973. The second-order valence-corrected chi connectivity index (χ2v) is 7.74. The molecule has 2 N–H and O–H groups in total. The zero-order valence-corrected chi connectivity index (χ0v) is 14.9. The molecule has 11 heteroatoms. The molecule has 0 aliphatic rings. The van der Waals surface area contributed by atoms with Crippen molar-refractivity contribution < 1.29 is 35.6 Å². The number of nitrogens with one attached hydrogen (secondary N) is 2. The number of alkyl halides is 3. The fourth-order valence-electron chi connectivity index (χ4n) is 2.21. The zero-order chi connectivity index (χ0) is 20.9. The number of hydrogen-bond donors (Lipinski definition) is 2. The third-order valence-corrected chi connectivity index (χ3v) is 4.74. The van der Waals surface area contributed by atoms with Crippen LogP contribution in [0.1, 0.15) is 5.56 Å². The van der Waals surface area contributed by atoms with E-state index in [0.717, 1.165) is 30.3 Å². The second kappa shape index (κ2) is 8.38. The summed E-state index contributed by atoms with van der Waals surface area (Å²) in [6, 6.07) is 8.60. The van der Waals surface area contributed by atoms with Gasteiger partial charge in [-0.25, -0.2) is 12.8 Å². The molecule has 2 aromatic carbocycles. The van der Waals surface area contributed by atoms with Gasteiger partial charge in [-0.05, 0) is 36.4 Å². The number of carbonyl (C=O) groups is 2. The predicted molar refractivity (Wildman–Crippen MR) is 93.8 cm³/mol. The highest BCUT2D eigenvalue weighted by atomic mass is 32.2. The minimum atomic E-state index is -4.74. The Morgan fingerprint density at radius 2 is 1.39 bits per heavy atom. The van der Waals surface area contributed by atoms with Crippen LogP contribution in [0.3, 0.4) is 0 Å². The van der Waals surface area contributed by atoms with Crippen LogP contribution in [-0.2, 0) is 25.6 Å². The Kier molecular flexibility index (Phi) is 6.39. The third-order valence-electron chi connectivity index (χ3n) is 3.34. The molecule has 0 saturated heterocycles. The minimum Gasteiger partial charge on any atom is -0.325 e. The van der Waals surface area contributed by atoms with Gasteiger partial charge in [-0.15, -0.1) is 0 Å². The number of benzene rings is 2. The predicted octanol–water partition coefficient (Wildman–Crippen LogP) is 2.84. The number of hydrogen-bond acceptors (Lipinski definition) is 4. The average Bonchev–Trinajstić information content (AvgIpc) is 2.55. The molecule has 0 fully saturated rings. The molecule has 0 unspecified atom stereocenters. The summed E-state index contributed by atoms with van der Waals surface area (Å²) in [7, 11) is -4.26. The molecule has 2 aromatic rings. The molecule has 28 heavy (non-hydrogen) atoms. The molecule has 0 bridgehead atoms. The average molecular weight is 418 g/mol. The molecule has 2 amide bonds. The van der Waals surface area contributed by atoms with Crippen molar-refractivity contribution in [2.75, 3.05) is 22.1 Å². The highest BCUT2D eigenvalue weighted by Crippen LogP contribution is 2.34. The number of carbonyl (C=O) groups excluding carboxylic acids is 2. The zero-order valence-electron chi connectivity index (χ0n) is 14.1. The normalized spacial score (nSPS) is 11.7. The number of para-hydroxylation sites is 1. The fourth-order valence-corrected chi connectivity index (χ4v) is 3.25. The quantitative estimate of drug-likeness (QED) is 0.706. The van der Waals surface area contributed by atoms with Crippen molar-refractivity contribution in [3.05, 3.63) is 59.9 Å². The molecule has 2 rings (SSSR count). The van der Waals surface area contributed by atoms with Gasteiger partial charge in [-0.1, -0.05) is 12.1 Å². The summed E-state index contributed by atoms with van der Waals surface area (Å²) >= 11 is 0. The van der Waals surface area contributed by atoms with Crippen LogP contribution in [0, 0.1) is 5.82 Å². The number of anilines is 2. The molecule has 0 aliphatic heterocycles. The van der Waals surface area contributed by atoms with E-state index in [1.807, 2.05) is 5.32 Å². The fraction of sp³-hybridized carbons (Fsp3) is 0.176. The van der Waals surface area contributed by atoms with Crippen LogP contribution in [0.2, 0.25) is 0 Å². The molecule has 0 aliphatic carbocycles. The Labute approximate surface area is 157 Å². The number of rotatable bonds is 6. The lowest BCUT2D eigenvalue weighted by Crippen LogP contribution is -2.30. The molecule has 0 saturated carbocycles. The second-order valence-electron chi connectivity index (χ2n) is 5.68. The van der Waals surface area contributed by atoms with E-state index in [1.54, 1.807) is 0 Å². The lowest BCUT2D eigenvalue weighted by Gasteiger charge is -2.13. The first kappa shape index (κ1) is 21.4. The summed E-state index contributed by atoms with van der Waals surface area (Å²) in [5, 5.41) is 4.10. The maximum Gasteiger partial charge on any atom is 0.418 e. The van der Waals surface area contributed by atoms with Crippen LogP contribution in [-0.4, -0.2) is 31.7 Å². The third kappa shape index (κ3) is 6.34. The van der Waals surface area contributed by atoms with Crippen molar-refractivity contribution >= 4 is 33.0 Å². The van der Waals surface area contributed by atoms with E-state index >= 15 is 0 Å². The number of amides is 2. The SMILES string of the molecule is O=C(CS(=O)(=O)CC(=O)Nc1ccccc1C(F)(F)F)Nc1ccc(F)cc1. The van der Waals surface area contributed by atoms with Gasteiger partial charge in [0.15, 0.2) is 9.84 Å². The molecule has 0 aromatic heterocycles. The molecule has 0 radical (unpaired) electrons. The number of sulfone groups is 1. The van der Waals surface area contributed by atoms with Gasteiger partial charge in [-0.2, -0.15) is 13.2 Å². The topological polar surface area (TPSA) is 92.3 Å². The summed E-state index contributed by atoms with van der Waals surface area (Å²) in [6.07, 6.45) is -4.74. The van der Waals surface area contributed by atoms with E-state index in [4.69, 9.17) is 0 Å². The van der Waals surface area contributed by atoms with E-state index in [9.17, 15) is 35.6 Å². The van der Waals surface area contributed by atoms with Gasteiger partial charge in [0.2, 0.25) is 11.8 Å². The van der Waals surface area contributed by atoms with Gasteiger partial charge < -0.3 is 10.6 Å². The maximum absolute atomic E-state index is 12.9. The van der Waals surface area contributed by atoms with Crippen molar-refractivity contribution in [1.82, 2.24) is 0 Å². The monoisotopic (exact) mass is 418 g/mol. The molecule has 0 atom stereocenters. The maximum atomic E-state index is 12.9. The molecule has 0 heterocycles. The Hall–Kier alpha value is -2.95. The van der Waals surface area contributed by atoms with E-state index in [0.29, 0.717) is 0 Å². The van der Waals surface area contributed by atoms with Crippen LogP contribution in [0.15, 0.2) is 48.5 Å². The molecular weight excluding hydrogens is 404 g/mol. The van der Waals surface area contributed by atoms with Gasteiger partial charge in [0.25, 0.3) is 0 Å². The van der Waals surface area contributed by atoms with Crippen LogP contribution in [0.4, 0.5) is 28.9 Å². The first-order chi connectivity index (χ1) is 13.0. The first-order valence-electron chi connectivity index (χ1n) is 7.68. The minimum absolute atomic E-state index is 0.144. The smallest absolute Gasteiger partial charge is 0.325 e. The van der Waals surface area contributed by atoms with Crippen molar-refractivity contribution in [3.8, 4) is 0 Å². The van der Waals surface area contributed by atoms with Crippen molar-refractivity contribution in [3.63, 3.8) is 0 Å². The van der Waals surface area contributed by atoms with Crippen LogP contribution in [0.25, 0.3) is 0 Å². The summed E-state index contributed by atoms with van der Waals surface area (Å²) in [6.45, 7) is 0. The van der Waals surface area contributed by atoms with Crippen molar-refractivity contribution in [1.29, 1.82) is 0 Å². The molecule has 6 nitrogen and oxygen atoms in total. The Morgan fingerprint density at radius 3 is 1.96 bits per heavy atom. The Morgan fingerprint density at radius 1 is 0.857 bits per heavy atom. The van der Waals surface area contributed by atoms with E-state index in [1.165, 1.54) is 18.2 Å². The van der Waals surface area contributed by atoms with Crippen LogP contribution >= 0.6 is 0 Å². The molecule has 150 valence electrons. The highest BCUT2D eigenvalue weighted by Gasteiger charge is 2.34. The van der Waals surface area contributed by atoms with Gasteiger partial charge in [0.1, 0.15) is 17.3 Å². The lowest BCUT2D eigenvalue weighted by atomic mass is 10.1. The number of halogens is 4. The van der Waals surface area contributed by atoms with Gasteiger partial charge in [0, 0.05) is 5.69 Å². The molecule has 0 spiro atoms. The summed E-state index contributed by atoms with van der Waals surface area (Å²) < 4.78 is 75.4. The summed E-state index contributed by atoms with van der Waals surface area (Å²) in [5.74, 6) is -5.00.